The van der Waals surface area contributed by atoms with Crippen molar-refractivity contribution in [2.24, 2.45) is 0 Å². The Morgan fingerprint density at radius 1 is 1.11 bits per heavy atom. The molecular formula is C16H23PbS+. The Bertz CT molecular complexity index is 449. The van der Waals surface area contributed by atoms with Gasteiger partial charge >= 0.3 is 120 Å². The van der Waals surface area contributed by atoms with Crippen LogP contribution in [0.4, 0.5) is 0 Å². The molecule has 1 unspecified atom stereocenters. The van der Waals surface area contributed by atoms with Crippen LogP contribution in [0.25, 0.3) is 0 Å². The molecule has 0 heterocycles. The summed E-state index contributed by atoms with van der Waals surface area (Å²) in [6, 6.07) is 9.22. The fourth-order valence-electron chi connectivity index (χ4n) is 1.71. The first kappa shape index (κ1) is 15.8. The van der Waals surface area contributed by atoms with Gasteiger partial charge in [0, 0.05) is 0 Å². The Balaban J connectivity index is 3.02. The molecule has 0 aliphatic rings. The van der Waals surface area contributed by atoms with Crippen LogP contribution < -0.4 is 3.12 Å². The molecule has 0 radical (unpaired) electrons. The van der Waals surface area contributed by atoms with Crippen molar-refractivity contribution in [3.8, 4) is 0 Å². The van der Waals surface area contributed by atoms with Crippen molar-refractivity contribution >= 4 is 35.2 Å². The predicted octanol–water partition coefficient (Wildman–Crippen LogP) is 4.09. The van der Waals surface area contributed by atoms with Crippen LogP contribution in [0.3, 0.4) is 0 Å². The molecule has 1 aromatic carbocycles. The van der Waals surface area contributed by atoms with Gasteiger partial charge in [-0.15, -0.1) is 0 Å². The summed E-state index contributed by atoms with van der Waals surface area (Å²) < 4.78 is 8.97. The SMILES string of the molecule is C=C/C=C(\C=C)[S+](C)c1cc[c]([Pb]([CH3])([CH3])[CH3])cc1. The molecule has 0 saturated carbocycles. The summed E-state index contributed by atoms with van der Waals surface area (Å²) in [6.45, 7) is 7.64. The molecule has 0 bridgehead atoms. The number of rotatable bonds is 5. The van der Waals surface area contributed by atoms with Crippen molar-refractivity contribution in [3.05, 3.63) is 60.6 Å². The van der Waals surface area contributed by atoms with E-state index in [0.29, 0.717) is 0 Å². The van der Waals surface area contributed by atoms with E-state index >= 15 is 0 Å². The van der Waals surface area contributed by atoms with E-state index < -0.39 is 21.2 Å². The number of hydrogen-bond donors (Lipinski definition) is 0. The zero-order valence-corrected chi connectivity index (χ0v) is 16.6. The molecule has 2 heteroatoms. The minimum absolute atomic E-state index is 0.0903. The summed E-state index contributed by atoms with van der Waals surface area (Å²) in [5.41, 5.74) is 0. The van der Waals surface area contributed by atoms with Crippen LogP contribution in [0, 0.1) is 0 Å². The summed E-state index contributed by atoms with van der Waals surface area (Å²) >= 11 is -2.03. The van der Waals surface area contributed by atoms with E-state index in [9.17, 15) is 0 Å². The summed E-state index contributed by atoms with van der Waals surface area (Å²) in [7, 11) is 0.0903. The number of allylic oxidation sites excluding steroid dienone is 3. The Labute approximate surface area is 120 Å². The van der Waals surface area contributed by atoms with E-state index in [0.717, 1.165) is 0 Å². The van der Waals surface area contributed by atoms with Gasteiger partial charge in [-0.05, 0) is 0 Å². The second kappa shape index (κ2) is 6.76. The van der Waals surface area contributed by atoms with Crippen LogP contribution >= 0.6 is 0 Å². The Hall–Kier alpha value is -0.288. The van der Waals surface area contributed by atoms with Crippen molar-refractivity contribution < 1.29 is 0 Å². The van der Waals surface area contributed by atoms with Gasteiger partial charge in [-0.3, -0.25) is 0 Å². The minimum atomic E-state index is -2.03. The third-order valence-corrected chi connectivity index (χ3v) is 12.9. The zero-order valence-electron chi connectivity index (χ0n) is 11.9. The molecular weight excluding hydrogens is 431 g/mol. The molecule has 1 aromatic rings. The fraction of sp³-hybridized carbons (Fsp3) is 0.250. The monoisotopic (exact) mass is 455 g/mol. The summed E-state index contributed by atoms with van der Waals surface area (Å²) in [5.74, 6) is 0. The van der Waals surface area contributed by atoms with Crippen LogP contribution in [0.15, 0.2) is 65.5 Å². The fourth-order valence-corrected chi connectivity index (χ4v) is 7.61. The molecule has 0 aliphatic heterocycles. The summed E-state index contributed by atoms with van der Waals surface area (Å²) in [6.07, 6.45) is 8.06. The van der Waals surface area contributed by atoms with Gasteiger partial charge in [0.05, 0.1) is 0 Å². The Morgan fingerprint density at radius 2 is 1.67 bits per heavy atom. The number of hydrogen-bond acceptors (Lipinski definition) is 0. The molecule has 0 nitrogen and oxygen atoms in total. The van der Waals surface area contributed by atoms with E-state index in [1.807, 2.05) is 18.2 Å². The first-order chi connectivity index (χ1) is 8.40. The molecule has 0 fully saturated rings. The van der Waals surface area contributed by atoms with Crippen molar-refractivity contribution in [1.29, 1.82) is 0 Å². The molecule has 0 saturated heterocycles. The van der Waals surface area contributed by atoms with Gasteiger partial charge in [0.15, 0.2) is 0 Å². The van der Waals surface area contributed by atoms with E-state index in [1.165, 1.54) is 9.80 Å². The predicted molar refractivity (Wildman–Crippen MR) is 89.5 cm³/mol. The molecule has 96 valence electrons. The van der Waals surface area contributed by atoms with E-state index in [2.05, 4.69) is 57.1 Å². The van der Waals surface area contributed by atoms with Gasteiger partial charge in [0.25, 0.3) is 0 Å². The van der Waals surface area contributed by atoms with Crippen molar-refractivity contribution in [3.63, 3.8) is 0 Å². The normalized spacial score (nSPS) is 14.1. The summed E-state index contributed by atoms with van der Waals surface area (Å²) in [5, 5.41) is 0. The Kier molecular flexibility index (Phi) is 5.92. The molecule has 0 N–H and O–H groups in total. The van der Waals surface area contributed by atoms with Gasteiger partial charge < -0.3 is 0 Å². The van der Waals surface area contributed by atoms with Crippen molar-refractivity contribution in [2.75, 3.05) is 6.26 Å². The maximum absolute atomic E-state index is 3.88. The molecule has 0 amide bonds. The van der Waals surface area contributed by atoms with E-state index in [1.54, 1.807) is 3.12 Å². The van der Waals surface area contributed by atoms with Gasteiger partial charge in [0.1, 0.15) is 0 Å². The van der Waals surface area contributed by atoms with Gasteiger partial charge in [-0.2, -0.15) is 0 Å². The maximum atomic E-state index is 3.88. The first-order valence-corrected chi connectivity index (χ1v) is 21.4. The third-order valence-electron chi connectivity index (χ3n) is 2.91. The second-order valence-corrected chi connectivity index (χ2v) is 27.0. The summed E-state index contributed by atoms with van der Waals surface area (Å²) in [4.78, 5) is 2.63. The van der Waals surface area contributed by atoms with E-state index in [4.69, 9.17) is 0 Å². The van der Waals surface area contributed by atoms with Crippen LogP contribution in [0.5, 0.6) is 0 Å². The van der Waals surface area contributed by atoms with Crippen molar-refractivity contribution in [1.82, 2.24) is 0 Å². The standard InChI is InChI=1S/C13H14S.3CH3.Pb/c1-4-9-12(5-2)14(3)13-10-7-6-8-11-13;;;;/h4-5,7-11H,1-2H2,3H3;3*1H3;/q+1;;;;/b12-9+;;;;. The second-order valence-electron chi connectivity index (χ2n) is 5.29. The molecule has 1 rings (SSSR count). The van der Waals surface area contributed by atoms with Crippen molar-refractivity contribution in [2.45, 2.75) is 18.3 Å². The van der Waals surface area contributed by atoms with E-state index in [-0.39, 0.29) is 10.9 Å². The molecule has 0 aliphatic carbocycles. The number of benzene rings is 1. The molecule has 0 aromatic heterocycles. The van der Waals surface area contributed by atoms with Crippen LogP contribution in [-0.4, -0.2) is 27.4 Å². The molecule has 18 heavy (non-hydrogen) atoms. The van der Waals surface area contributed by atoms with Gasteiger partial charge in [-0.25, -0.2) is 0 Å². The quantitative estimate of drug-likeness (QED) is 0.357. The third kappa shape index (κ3) is 4.13. The van der Waals surface area contributed by atoms with Gasteiger partial charge in [-0.1, -0.05) is 0 Å². The van der Waals surface area contributed by atoms with Crippen LogP contribution in [0.1, 0.15) is 0 Å². The van der Waals surface area contributed by atoms with Gasteiger partial charge in [0.2, 0.25) is 0 Å². The average molecular weight is 455 g/mol. The molecule has 1 atom stereocenters. The molecule has 0 spiro atoms. The van der Waals surface area contributed by atoms with Crippen LogP contribution in [-0.2, 0) is 10.9 Å². The van der Waals surface area contributed by atoms with Crippen LogP contribution in [0.2, 0.25) is 13.4 Å². The average Bonchev–Trinajstić information content (AvgIpc) is 2.34. The first-order valence-electron chi connectivity index (χ1n) is 6.12. The topological polar surface area (TPSA) is 0 Å². The zero-order chi connectivity index (χ0) is 13.8. The Morgan fingerprint density at radius 3 is 2.06 bits per heavy atom.